The van der Waals surface area contributed by atoms with Gasteiger partial charge in [-0.3, -0.25) is 19.6 Å². The van der Waals surface area contributed by atoms with E-state index in [0.29, 0.717) is 22.7 Å². The van der Waals surface area contributed by atoms with Gasteiger partial charge in [0.15, 0.2) is 0 Å². The average molecular weight is 441 g/mol. The van der Waals surface area contributed by atoms with Crippen molar-refractivity contribution in [3.63, 3.8) is 0 Å². The first-order chi connectivity index (χ1) is 14.7. The van der Waals surface area contributed by atoms with Gasteiger partial charge in [-0.15, -0.1) is 0 Å². The summed E-state index contributed by atoms with van der Waals surface area (Å²) in [6, 6.07) is 16.0. The first kappa shape index (κ1) is 21.8. The van der Waals surface area contributed by atoms with E-state index in [-0.39, 0.29) is 16.1 Å². The predicted molar refractivity (Wildman–Crippen MR) is 116 cm³/mol. The summed E-state index contributed by atoms with van der Waals surface area (Å²) in [6.45, 7) is 1.63. The number of ether oxygens (including phenoxy) is 1. The van der Waals surface area contributed by atoms with Gasteiger partial charge in [0.1, 0.15) is 5.75 Å². The lowest BCUT2D eigenvalue weighted by Crippen LogP contribution is -2.17. The molecule has 3 rings (SSSR count). The fraction of sp³-hybridized carbons (Fsp3) is 0.0952. The molecule has 1 amide bonds. The molecule has 0 radical (unpaired) electrons. The number of non-ortho nitro benzene ring substituents is 1. The Morgan fingerprint density at radius 3 is 2.16 bits per heavy atom. The van der Waals surface area contributed by atoms with Gasteiger partial charge in [-0.2, -0.15) is 0 Å². The Labute approximate surface area is 178 Å². The maximum absolute atomic E-state index is 12.9. The van der Waals surface area contributed by atoms with Crippen molar-refractivity contribution in [2.75, 3.05) is 17.1 Å². The zero-order valence-corrected chi connectivity index (χ0v) is 17.5. The molecule has 0 spiro atoms. The maximum Gasteiger partial charge on any atom is 0.269 e. The summed E-state index contributed by atoms with van der Waals surface area (Å²) in [5, 5.41) is 13.3. The molecule has 0 saturated heterocycles. The van der Waals surface area contributed by atoms with E-state index in [1.807, 2.05) is 0 Å². The minimum absolute atomic E-state index is 0.0420. The molecule has 3 aromatic carbocycles. The van der Waals surface area contributed by atoms with E-state index in [1.165, 1.54) is 49.6 Å². The molecule has 0 saturated carbocycles. The zero-order valence-electron chi connectivity index (χ0n) is 16.7. The molecule has 0 fully saturated rings. The van der Waals surface area contributed by atoms with Crippen LogP contribution < -0.4 is 14.8 Å². The number of methoxy groups -OCH3 is 1. The van der Waals surface area contributed by atoms with Crippen molar-refractivity contribution in [1.29, 1.82) is 0 Å². The van der Waals surface area contributed by atoms with E-state index in [0.717, 1.165) is 0 Å². The van der Waals surface area contributed by atoms with E-state index >= 15 is 0 Å². The van der Waals surface area contributed by atoms with Crippen LogP contribution in [-0.4, -0.2) is 26.4 Å². The molecule has 0 aromatic heterocycles. The van der Waals surface area contributed by atoms with Crippen LogP contribution in [0.15, 0.2) is 71.6 Å². The second kappa shape index (κ2) is 8.84. The van der Waals surface area contributed by atoms with Crippen molar-refractivity contribution in [2.24, 2.45) is 0 Å². The number of sulfonamides is 1. The number of carbonyl (C=O) groups excluding carboxylic acids is 1. The Kier molecular flexibility index (Phi) is 6.21. The first-order valence-corrected chi connectivity index (χ1v) is 10.5. The highest BCUT2D eigenvalue weighted by molar-refractivity contribution is 7.92. The Hall–Kier alpha value is -3.92. The standard InChI is InChI=1S/C21H19N3O6S/c1-14-3-4-15(21(25)22-16-5-9-18(10-6-16)24(26)27)13-20(14)31(28,29)23-17-7-11-19(30-2)12-8-17/h3-13,23H,1-2H3,(H,22,25). The topological polar surface area (TPSA) is 128 Å². The molecule has 160 valence electrons. The zero-order chi connectivity index (χ0) is 22.6. The quantitative estimate of drug-likeness (QED) is 0.422. The Morgan fingerprint density at radius 2 is 1.58 bits per heavy atom. The number of hydrogen-bond acceptors (Lipinski definition) is 6. The van der Waals surface area contributed by atoms with Gasteiger partial charge >= 0.3 is 0 Å². The van der Waals surface area contributed by atoms with Crippen molar-refractivity contribution in [3.8, 4) is 5.75 Å². The lowest BCUT2D eigenvalue weighted by Gasteiger charge is -2.12. The lowest BCUT2D eigenvalue weighted by atomic mass is 10.1. The first-order valence-electron chi connectivity index (χ1n) is 9.03. The fourth-order valence-corrected chi connectivity index (χ4v) is 4.10. The summed E-state index contributed by atoms with van der Waals surface area (Å²) < 4.78 is 33.3. The lowest BCUT2D eigenvalue weighted by molar-refractivity contribution is -0.384. The number of aryl methyl sites for hydroxylation is 1. The van der Waals surface area contributed by atoms with E-state index in [1.54, 1.807) is 31.2 Å². The summed E-state index contributed by atoms with van der Waals surface area (Å²) >= 11 is 0. The summed E-state index contributed by atoms with van der Waals surface area (Å²) in [6.07, 6.45) is 0. The van der Waals surface area contributed by atoms with Crippen LogP contribution in [-0.2, 0) is 10.0 Å². The number of benzene rings is 3. The van der Waals surface area contributed by atoms with Crippen molar-refractivity contribution < 1.29 is 22.9 Å². The van der Waals surface area contributed by atoms with Crippen molar-refractivity contribution in [2.45, 2.75) is 11.8 Å². The molecule has 0 aliphatic carbocycles. The maximum atomic E-state index is 12.9. The molecule has 0 unspecified atom stereocenters. The number of carbonyl (C=O) groups is 1. The Morgan fingerprint density at radius 1 is 0.968 bits per heavy atom. The van der Waals surface area contributed by atoms with Gasteiger partial charge in [-0.1, -0.05) is 6.07 Å². The van der Waals surface area contributed by atoms with Gasteiger partial charge in [0, 0.05) is 29.1 Å². The van der Waals surface area contributed by atoms with E-state index in [4.69, 9.17) is 4.74 Å². The number of anilines is 2. The average Bonchev–Trinajstić information content (AvgIpc) is 2.74. The SMILES string of the molecule is COc1ccc(NS(=O)(=O)c2cc(C(=O)Nc3ccc([N+](=O)[O-])cc3)ccc2C)cc1. The molecular weight excluding hydrogens is 422 g/mol. The molecule has 0 heterocycles. The van der Waals surface area contributed by atoms with Crippen LogP contribution in [0.2, 0.25) is 0 Å². The van der Waals surface area contributed by atoms with Crippen molar-refractivity contribution in [3.05, 3.63) is 88.0 Å². The molecule has 2 N–H and O–H groups in total. The highest BCUT2D eigenvalue weighted by Crippen LogP contribution is 2.23. The number of amides is 1. The van der Waals surface area contributed by atoms with Gasteiger partial charge in [0.25, 0.3) is 21.6 Å². The molecular formula is C21H19N3O6S. The number of hydrogen-bond donors (Lipinski definition) is 2. The molecule has 9 nitrogen and oxygen atoms in total. The van der Waals surface area contributed by atoms with Gasteiger partial charge in [-0.25, -0.2) is 8.42 Å². The van der Waals surface area contributed by atoms with Crippen LogP contribution in [0.3, 0.4) is 0 Å². The third kappa shape index (κ3) is 5.17. The smallest absolute Gasteiger partial charge is 0.269 e. The van der Waals surface area contributed by atoms with Gasteiger partial charge in [0.2, 0.25) is 0 Å². The van der Waals surface area contributed by atoms with Crippen LogP contribution in [0.4, 0.5) is 17.1 Å². The summed E-state index contributed by atoms with van der Waals surface area (Å²) in [7, 11) is -2.44. The van der Waals surface area contributed by atoms with E-state index in [9.17, 15) is 23.3 Å². The minimum atomic E-state index is -3.95. The normalized spacial score (nSPS) is 10.9. The molecule has 3 aromatic rings. The van der Waals surface area contributed by atoms with Gasteiger partial charge in [0.05, 0.1) is 16.9 Å². The van der Waals surface area contributed by atoms with Gasteiger partial charge in [-0.05, 0) is 61.0 Å². The number of nitrogens with one attached hydrogen (secondary N) is 2. The van der Waals surface area contributed by atoms with Crippen LogP contribution in [0, 0.1) is 17.0 Å². The molecule has 0 atom stereocenters. The highest BCUT2D eigenvalue weighted by atomic mass is 32.2. The summed E-state index contributed by atoms with van der Waals surface area (Å²) in [4.78, 5) is 22.7. The monoisotopic (exact) mass is 441 g/mol. The molecule has 31 heavy (non-hydrogen) atoms. The van der Waals surface area contributed by atoms with Crippen LogP contribution in [0.1, 0.15) is 15.9 Å². The van der Waals surface area contributed by atoms with Crippen molar-refractivity contribution >= 4 is 33.0 Å². The fourth-order valence-electron chi connectivity index (χ4n) is 2.77. The van der Waals surface area contributed by atoms with E-state index in [2.05, 4.69) is 10.0 Å². The van der Waals surface area contributed by atoms with E-state index < -0.39 is 20.9 Å². The largest absolute Gasteiger partial charge is 0.497 e. The van der Waals surface area contributed by atoms with Gasteiger partial charge < -0.3 is 10.1 Å². The minimum Gasteiger partial charge on any atom is -0.497 e. The molecule has 10 heteroatoms. The van der Waals surface area contributed by atoms with Crippen molar-refractivity contribution in [1.82, 2.24) is 0 Å². The van der Waals surface area contributed by atoms with Crippen LogP contribution >= 0.6 is 0 Å². The van der Waals surface area contributed by atoms with Crippen LogP contribution in [0.25, 0.3) is 0 Å². The molecule has 0 bridgehead atoms. The second-order valence-corrected chi connectivity index (χ2v) is 8.22. The molecule has 0 aliphatic rings. The molecule has 0 aliphatic heterocycles. The Balaban J connectivity index is 1.82. The predicted octanol–water partition coefficient (Wildman–Crippen LogP) is 3.96. The Bertz CT molecular complexity index is 1220. The third-order valence-electron chi connectivity index (χ3n) is 4.42. The number of rotatable bonds is 7. The summed E-state index contributed by atoms with van der Waals surface area (Å²) in [5.74, 6) is 0.0405. The van der Waals surface area contributed by atoms with Crippen LogP contribution in [0.5, 0.6) is 5.75 Å². The third-order valence-corrected chi connectivity index (χ3v) is 5.94. The second-order valence-electron chi connectivity index (χ2n) is 6.57. The highest BCUT2D eigenvalue weighted by Gasteiger charge is 2.20. The number of nitro benzene ring substituents is 1. The number of nitrogens with zero attached hydrogens (tertiary/aromatic N) is 1. The summed E-state index contributed by atoms with van der Waals surface area (Å²) in [5.41, 5.74) is 1.18. The number of nitro groups is 1.